The Kier molecular flexibility index (Phi) is 4.35. The Balaban J connectivity index is 1.79. The molecule has 3 rings (SSSR count). The zero-order chi connectivity index (χ0) is 16.4. The van der Waals surface area contributed by atoms with Crippen LogP contribution in [-0.2, 0) is 22.6 Å². The van der Waals surface area contributed by atoms with Crippen molar-refractivity contribution in [1.82, 2.24) is 10.2 Å². The lowest BCUT2D eigenvalue weighted by Gasteiger charge is -2.33. The van der Waals surface area contributed by atoms with Crippen molar-refractivity contribution in [3.63, 3.8) is 0 Å². The molecule has 2 aromatic rings. The van der Waals surface area contributed by atoms with Crippen molar-refractivity contribution in [2.45, 2.75) is 19.0 Å². The standard InChI is InChI=1S/C18H17ClN2O2/c1-21-16(22)10-13-6-2-3-8-15(13)17(21)18(23)20-11-12-5-4-7-14(19)9-12/h2-9,17H,10-11H2,1H3,(H,20,23)/t17-/m1/s1. The lowest BCUT2D eigenvalue weighted by atomic mass is 9.92. The number of hydrogen-bond acceptors (Lipinski definition) is 2. The van der Waals surface area contributed by atoms with Crippen molar-refractivity contribution in [3.05, 3.63) is 70.2 Å². The van der Waals surface area contributed by atoms with Crippen molar-refractivity contribution < 1.29 is 9.59 Å². The van der Waals surface area contributed by atoms with Gasteiger partial charge in [-0.2, -0.15) is 0 Å². The molecule has 1 aliphatic heterocycles. The first-order chi connectivity index (χ1) is 11.1. The largest absolute Gasteiger partial charge is 0.350 e. The van der Waals surface area contributed by atoms with E-state index in [9.17, 15) is 9.59 Å². The monoisotopic (exact) mass is 328 g/mol. The second-order valence-corrected chi connectivity index (χ2v) is 6.07. The Bertz CT molecular complexity index is 760. The highest BCUT2D eigenvalue weighted by Gasteiger charge is 2.34. The summed E-state index contributed by atoms with van der Waals surface area (Å²) in [4.78, 5) is 26.3. The van der Waals surface area contributed by atoms with Crippen LogP contribution in [0.15, 0.2) is 48.5 Å². The van der Waals surface area contributed by atoms with Crippen LogP contribution in [0.4, 0.5) is 0 Å². The second-order valence-electron chi connectivity index (χ2n) is 5.63. The van der Waals surface area contributed by atoms with Gasteiger partial charge in [0.2, 0.25) is 11.8 Å². The maximum atomic E-state index is 12.6. The Morgan fingerprint density at radius 3 is 2.83 bits per heavy atom. The van der Waals surface area contributed by atoms with E-state index in [4.69, 9.17) is 11.6 Å². The van der Waals surface area contributed by atoms with Crippen LogP contribution >= 0.6 is 11.6 Å². The van der Waals surface area contributed by atoms with E-state index < -0.39 is 6.04 Å². The fourth-order valence-corrected chi connectivity index (χ4v) is 3.06. The average molecular weight is 329 g/mol. The predicted molar refractivity (Wildman–Crippen MR) is 89.0 cm³/mol. The zero-order valence-electron chi connectivity index (χ0n) is 12.8. The van der Waals surface area contributed by atoms with E-state index >= 15 is 0 Å². The number of hydrogen-bond donors (Lipinski definition) is 1. The Labute approximate surface area is 140 Å². The molecular formula is C18H17ClN2O2. The van der Waals surface area contributed by atoms with E-state index in [0.717, 1.165) is 16.7 Å². The van der Waals surface area contributed by atoms with Crippen molar-refractivity contribution in [2.75, 3.05) is 7.05 Å². The second kappa shape index (κ2) is 6.42. The summed E-state index contributed by atoms with van der Waals surface area (Å²) in [6.45, 7) is 0.375. The molecule has 0 radical (unpaired) electrons. The van der Waals surface area contributed by atoms with Crippen LogP contribution in [0.25, 0.3) is 0 Å². The highest BCUT2D eigenvalue weighted by atomic mass is 35.5. The van der Waals surface area contributed by atoms with Crippen molar-refractivity contribution in [3.8, 4) is 0 Å². The van der Waals surface area contributed by atoms with E-state index in [1.54, 1.807) is 13.1 Å². The van der Waals surface area contributed by atoms with Gasteiger partial charge < -0.3 is 10.2 Å². The summed E-state index contributed by atoms with van der Waals surface area (Å²) in [5, 5.41) is 3.53. The van der Waals surface area contributed by atoms with E-state index in [-0.39, 0.29) is 11.8 Å². The van der Waals surface area contributed by atoms with Gasteiger partial charge in [0, 0.05) is 18.6 Å². The smallest absolute Gasteiger partial charge is 0.247 e. The normalized spacial score (nSPS) is 16.9. The molecule has 1 aliphatic rings. The molecular weight excluding hydrogens is 312 g/mol. The van der Waals surface area contributed by atoms with Gasteiger partial charge in [-0.05, 0) is 28.8 Å². The number of likely N-dealkylation sites (N-methyl/N-ethyl adjacent to an activating group) is 1. The molecule has 118 valence electrons. The minimum Gasteiger partial charge on any atom is -0.350 e. The highest BCUT2D eigenvalue weighted by molar-refractivity contribution is 6.30. The lowest BCUT2D eigenvalue weighted by molar-refractivity contribution is -0.140. The molecule has 1 atom stereocenters. The summed E-state index contributed by atoms with van der Waals surface area (Å²) in [6, 6.07) is 14.3. The Hall–Kier alpha value is -2.33. The lowest BCUT2D eigenvalue weighted by Crippen LogP contribution is -2.45. The highest BCUT2D eigenvalue weighted by Crippen LogP contribution is 2.29. The maximum Gasteiger partial charge on any atom is 0.247 e. The molecule has 0 saturated carbocycles. The molecule has 4 nitrogen and oxygen atoms in total. The third kappa shape index (κ3) is 3.22. The number of amides is 2. The summed E-state index contributed by atoms with van der Waals surface area (Å²) in [5.74, 6) is -0.236. The number of rotatable bonds is 3. The number of carbonyl (C=O) groups excluding carboxylic acids is 2. The van der Waals surface area contributed by atoms with E-state index in [1.807, 2.05) is 42.5 Å². The SMILES string of the molecule is CN1C(=O)Cc2ccccc2[C@@H]1C(=O)NCc1cccc(Cl)c1. The minimum absolute atomic E-state index is 0.0494. The summed E-state index contributed by atoms with van der Waals surface area (Å²) in [7, 11) is 1.67. The summed E-state index contributed by atoms with van der Waals surface area (Å²) in [5.41, 5.74) is 2.72. The molecule has 2 amide bonds. The number of nitrogens with one attached hydrogen (secondary N) is 1. The van der Waals surface area contributed by atoms with Crippen molar-refractivity contribution >= 4 is 23.4 Å². The van der Waals surface area contributed by atoms with Gasteiger partial charge in [0.15, 0.2) is 0 Å². The number of carbonyl (C=O) groups is 2. The molecule has 23 heavy (non-hydrogen) atoms. The van der Waals surface area contributed by atoms with Gasteiger partial charge in [-0.25, -0.2) is 0 Å². The number of benzene rings is 2. The van der Waals surface area contributed by atoms with Gasteiger partial charge in [0.05, 0.1) is 6.42 Å². The van der Waals surface area contributed by atoms with E-state index in [0.29, 0.717) is 18.0 Å². The Morgan fingerprint density at radius 2 is 2.04 bits per heavy atom. The predicted octanol–water partition coefficient (Wildman–Crippen LogP) is 2.71. The van der Waals surface area contributed by atoms with Gasteiger partial charge in [-0.1, -0.05) is 48.0 Å². The van der Waals surface area contributed by atoms with E-state index in [1.165, 1.54) is 4.90 Å². The first-order valence-corrected chi connectivity index (χ1v) is 7.79. The van der Waals surface area contributed by atoms with Crippen LogP contribution in [0, 0.1) is 0 Å². The number of fused-ring (bicyclic) bond motifs is 1. The van der Waals surface area contributed by atoms with Crippen LogP contribution in [0.2, 0.25) is 5.02 Å². The summed E-state index contributed by atoms with van der Waals surface area (Å²) >= 11 is 5.95. The van der Waals surface area contributed by atoms with Gasteiger partial charge in [0.1, 0.15) is 6.04 Å². The van der Waals surface area contributed by atoms with Crippen LogP contribution in [0.3, 0.4) is 0 Å². The first-order valence-electron chi connectivity index (χ1n) is 7.42. The number of halogens is 1. The topological polar surface area (TPSA) is 49.4 Å². The quantitative estimate of drug-likeness (QED) is 0.941. The van der Waals surface area contributed by atoms with Crippen molar-refractivity contribution in [2.24, 2.45) is 0 Å². The number of nitrogens with zero attached hydrogens (tertiary/aromatic N) is 1. The van der Waals surface area contributed by atoms with Gasteiger partial charge in [-0.3, -0.25) is 9.59 Å². The molecule has 2 aromatic carbocycles. The van der Waals surface area contributed by atoms with E-state index in [2.05, 4.69) is 5.32 Å². The molecule has 0 aliphatic carbocycles. The van der Waals surface area contributed by atoms with Crippen LogP contribution in [0.1, 0.15) is 22.7 Å². The van der Waals surface area contributed by atoms with Gasteiger partial charge >= 0.3 is 0 Å². The summed E-state index contributed by atoms with van der Waals surface area (Å²) < 4.78 is 0. The fourth-order valence-electron chi connectivity index (χ4n) is 2.85. The third-order valence-corrected chi connectivity index (χ3v) is 4.31. The van der Waals surface area contributed by atoms with Crippen molar-refractivity contribution in [1.29, 1.82) is 0 Å². The fraction of sp³-hybridized carbons (Fsp3) is 0.222. The summed E-state index contributed by atoms with van der Waals surface area (Å²) in [6.07, 6.45) is 0.338. The van der Waals surface area contributed by atoms with Crippen LogP contribution < -0.4 is 5.32 Å². The molecule has 0 spiro atoms. The van der Waals surface area contributed by atoms with Crippen LogP contribution in [-0.4, -0.2) is 23.8 Å². The third-order valence-electron chi connectivity index (χ3n) is 4.08. The van der Waals surface area contributed by atoms with Crippen LogP contribution in [0.5, 0.6) is 0 Å². The minimum atomic E-state index is -0.591. The average Bonchev–Trinajstić information content (AvgIpc) is 2.54. The van der Waals surface area contributed by atoms with Gasteiger partial charge in [-0.15, -0.1) is 0 Å². The molecule has 0 unspecified atom stereocenters. The Morgan fingerprint density at radius 1 is 1.26 bits per heavy atom. The molecule has 1 N–H and O–H groups in total. The first kappa shape index (κ1) is 15.6. The molecule has 0 aromatic heterocycles. The maximum absolute atomic E-state index is 12.6. The molecule has 1 heterocycles. The molecule has 0 saturated heterocycles. The molecule has 0 bridgehead atoms. The zero-order valence-corrected chi connectivity index (χ0v) is 13.5. The van der Waals surface area contributed by atoms with Gasteiger partial charge in [0.25, 0.3) is 0 Å². The molecule has 0 fully saturated rings. The molecule has 5 heteroatoms.